The Kier molecular flexibility index (Phi) is 3.24. The van der Waals surface area contributed by atoms with Crippen molar-refractivity contribution >= 4 is 49.0 Å². The number of halogens is 1. The first-order chi connectivity index (χ1) is 9.16. The fraction of sp³-hybridized carbons (Fsp3) is 0.143. The van der Waals surface area contributed by atoms with Crippen LogP contribution >= 0.6 is 27.3 Å². The molecular formula is C14H12BrN3S. The van der Waals surface area contributed by atoms with Gasteiger partial charge in [-0.2, -0.15) is 0 Å². The second-order valence-corrected chi connectivity index (χ2v) is 6.35. The minimum atomic E-state index is 0.860. The molecule has 0 spiro atoms. The Bertz CT molecular complexity index is 752. The molecule has 0 saturated heterocycles. The smallest absolute Gasteiger partial charge is 0.142 e. The van der Waals surface area contributed by atoms with Gasteiger partial charge in [-0.3, -0.25) is 0 Å². The number of hydrogen-bond acceptors (Lipinski definition) is 4. The van der Waals surface area contributed by atoms with Crippen LogP contribution in [0.25, 0.3) is 10.2 Å². The summed E-state index contributed by atoms with van der Waals surface area (Å²) in [7, 11) is 0. The number of rotatable bonds is 2. The summed E-state index contributed by atoms with van der Waals surface area (Å²) in [5, 5.41) is 4.49. The highest BCUT2D eigenvalue weighted by Gasteiger charge is 2.12. The van der Waals surface area contributed by atoms with E-state index in [0.717, 1.165) is 26.2 Å². The molecule has 0 aliphatic carbocycles. The molecule has 0 aliphatic heterocycles. The highest BCUT2D eigenvalue weighted by molar-refractivity contribution is 9.10. The number of aryl methyl sites for hydroxylation is 2. The van der Waals surface area contributed by atoms with Gasteiger partial charge in [0, 0.05) is 9.35 Å². The monoisotopic (exact) mass is 333 g/mol. The van der Waals surface area contributed by atoms with E-state index >= 15 is 0 Å². The first kappa shape index (κ1) is 12.6. The van der Waals surface area contributed by atoms with Gasteiger partial charge in [-0.25, -0.2) is 9.97 Å². The topological polar surface area (TPSA) is 37.8 Å². The molecule has 3 rings (SSSR count). The van der Waals surface area contributed by atoms with Gasteiger partial charge in [-0.1, -0.05) is 12.1 Å². The largest absolute Gasteiger partial charge is 0.339 e. The molecule has 0 fully saturated rings. The molecule has 0 saturated carbocycles. The van der Waals surface area contributed by atoms with E-state index < -0.39 is 0 Å². The van der Waals surface area contributed by atoms with Gasteiger partial charge in [0.15, 0.2) is 0 Å². The van der Waals surface area contributed by atoms with Crippen molar-refractivity contribution in [2.45, 2.75) is 13.8 Å². The summed E-state index contributed by atoms with van der Waals surface area (Å²) >= 11 is 5.24. The van der Waals surface area contributed by atoms with Gasteiger partial charge in [-0.15, -0.1) is 11.3 Å². The van der Waals surface area contributed by atoms with Crippen LogP contribution in [0.5, 0.6) is 0 Å². The molecule has 19 heavy (non-hydrogen) atoms. The van der Waals surface area contributed by atoms with Crippen LogP contribution < -0.4 is 5.32 Å². The van der Waals surface area contributed by atoms with E-state index in [2.05, 4.69) is 45.1 Å². The van der Waals surface area contributed by atoms with Crippen LogP contribution in [0.2, 0.25) is 0 Å². The van der Waals surface area contributed by atoms with Crippen molar-refractivity contribution in [3.8, 4) is 0 Å². The Hall–Kier alpha value is -1.46. The van der Waals surface area contributed by atoms with Crippen molar-refractivity contribution in [3.05, 3.63) is 45.5 Å². The molecule has 0 aliphatic rings. The molecule has 1 N–H and O–H groups in total. The molecule has 0 radical (unpaired) electrons. The highest BCUT2D eigenvalue weighted by Crippen LogP contribution is 2.34. The van der Waals surface area contributed by atoms with E-state index in [1.807, 2.05) is 24.3 Å². The molecule has 2 aromatic heterocycles. The average molecular weight is 334 g/mol. The van der Waals surface area contributed by atoms with E-state index in [1.165, 1.54) is 10.4 Å². The number of nitrogens with one attached hydrogen (secondary N) is 1. The van der Waals surface area contributed by atoms with Gasteiger partial charge in [-0.05, 0) is 47.5 Å². The highest BCUT2D eigenvalue weighted by atomic mass is 79.9. The number of benzene rings is 1. The zero-order chi connectivity index (χ0) is 13.4. The Morgan fingerprint density at radius 2 is 1.95 bits per heavy atom. The van der Waals surface area contributed by atoms with Gasteiger partial charge in [0.05, 0.1) is 11.1 Å². The van der Waals surface area contributed by atoms with Crippen LogP contribution in [0, 0.1) is 13.8 Å². The third-order valence-electron chi connectivity index (χ3n) is 3.09. The number of thiophene rings is 1. The van der Waals surface area contributed by atoms with Crippen LogP contribution in [0.15, 0.2) is 35.1 Å². The zero-order valence-electron chi connectivity index (χ0n) is 10.6. The lowest BCUT2D eigenvalue weighted by Crippen LogP contribution is -1.96. The summed E-state index contributed by atoms with van der Waals surface area (Å²) in [6.45, 7) is 4.23. The minimum Gasteiger partial charge on any atom is -0.339 e. The predicted octanol–water partition coefficient (Wildman–Crippen LogP) is 4.81. The lowest BCUT2D eigenvalue weighted by Gasteiger charge is -2.08. The SMILES string of the molecule is Cc1sc2ncnc(Nc3ccccc3Br)c2c1C. The summed E-state index contributed by atoms with van der Waals surface area (Å²) in [4.78, 5) is 11.0. The lowest BCUT2D eigenvalue weighted by atomic mass is 10.2. The minimum absolute atomic E-state index is 0.860. The van der Waals surface area contributed by atoms with Crippen molar-refractivity contribution < 1.29 is 0 Å². The fourth-order valence-corrected chi connectivity index (χ4v) is 3.35. The summed E-state index contributed by atoms with van der Waals surface area (Å²) < 4.78 is 1.02. The van der Waals surface area contributed by atoms with Crippen molar-refractivity contribution in [3.63, 3.8) is 0 Å². The van der Waals surface area contributed by atoms with Gasteiger partial charge in [0.1, 0.15) is 17.0 Å². The molecule has 3 nitrogen and oxygen atoms in total. The molecule has 1 aromatic carbocycles. The Morgan fingerprint density at radius 3 is 2.74 bits per heavy atom. The maximum Gasteiger partial charge on any atom is 0.142 e. The van der Waals surface area contributed by atoms with Crippen LogP contribution in [-0.2, 0) is 0 Å². The quantitative estimate of drug-likeness (QED) is 0.730. The summed E-state index contributed by atoms with van der Waals surface area (Å²) in [6, 6.07) is 8.01. The van der Waals surface area contributed by atoms with Crippen LogP contribution in [0.3, 0.4) is 0 Å². The van der Waals surface area contributed by atoms with Crippen LogP contribution in [0.4, 0.5) is 11.5 Å². The number of para-hydroxylation sites is 1. The second kappa shape index (κ2) is 4.90. The Balaban J connectivity index is 2.13. The molecule has 3 aromatic rings. The molecule has 2 heterocycles. The second-order valence-electron chi connectivity index (χ2n) is 4.29. The lowest BCUT2D eigenvalue weighted by molar-refractivity contribution is 1.22. The normalized spacial score (nSPS) is 10.9. The van der Waals surface area contributed by atoms with Gasteiger partial charge < -0.3 is 5.32 Å². The van der Waals surface area contributed by atoms with E-state index in [1.54, 1.807) is 17.7 Å². The van der Waals surface area contributed by atoms with Crippen molar-refractivity contribution in [2.24, 2.45) is 0 Å². The average Bonchev–Trinajstić information content (AvgIpc) is 2.69. The van der Waals surface area contributed by atoms with Crippen LogP contribution in [0.1, 0.15) is 10.4 Å². The van der Waals surface area contributed by atoms with Crippen LogP contribution in [-0.4, -0.2) is 9.97 Å². The Labute approximate surface area is 123 Å². The number of fused-ring (bicyclic) bond motifs is 1. The molecular weight excluding hydrogens is 322 g/mol. The molecule has 96 valence electrons. The number of aromatic nitrogens is 2. The first-order valence-corrected chi connectivity index (χ1v) is 7.50. The molecule has 0 bridgehead atoms. The van der Waals surface area contributed by atoms with E-state index in [4.69, 9.17) is 0 Å². The molecule has 5 heteroatoms. The number of nitrogens with zero attached hydrogens (tertiary/aromatic N) is 2. The molecule has 0 atom stereocenters. The number of hydrogen-bond donors (Lipinski definition) is 1. The molecule has 0 unspecified atom stereocenters. The van der Waals surface area contributed by atoms with Gasteiger partial charge >= 0.3 is 0 Å². The van der Waals surface area contributed by atoms with E-state index in [9.17, 15) is 0 Å². The van der Waals surface area contributed by atoms with Gasteiger partial charge in [0.2, 0.25) is 0 Å². The fourth-order valence-electron chi connectivity index (χ4n) is 1.97. The Morgan fingerprint density at radius 1 is 1.16 bits per heavy atom. The van der Waals surface area contributed by atoms with Gasteiger partial charge in [0.25, 0.3) is 0 Å². The first-order valence-electron chi connectivity index (χ1n) is 5.89. The maximum absolute atomic E-state index is 4.38. The zero-order valence-corrected chi connectivity index (χ0v) is 13.0. The van der Waals surface area contributed by atoms with Crippen molar-refractivity contribution in [1.29, 1.82) is 0 Å². The van der Waals surface area contributed by atoms with E-state index in [-0.39, 0.29) is 0 Å². The maximum atomic E-state index is 4.38. The predicted molar refractivity (Wildman–Crippen MR) is 84.3 cm³/mol. The summed E-state index contributed by atoms with van der Waals surface area (Å²) in [5.74, 6) is 0.860. The van der Waals surface area contributed by atoms with Crippen molar-refractivity contribution in [1.82, 2.24) is 9.97 Å². The summed E-state index contributed by atoms with van der Waals surface area (Å²) in [6.07, 6.45) is 1.61. The third kappa shape index (κ3) is 2.24. The van der Waals surface area contributed by atoms with Crippen molar-refractivity contribution in [2.75, 3.05) is 5.32 Å². The number of anilines is 2. The third-order valence-corrected chi connectivity index (χ3v) is 4.90. The standard InChI is InChI=1S/C14H12BrN3S/c1-8-9(2)19-14-12(8)13(16-7-17-14)18-11-6-4-3-5-10(11)15/h3-7H,1-2H3,(H,16,17,18). The van der Waals surface area contributed by atoms with E-state index in [0.29, 0.717) is 0 Å². The summed E-state index contributed by atoms with van der Waals surface area (Å²) in [5.41, 5.74) is 2.25. The molecule has 0 amide bonds.